The average molecular weight is 562 g/mol. The van der Waals surface area contributed by atoms with Gasteiger partial charge in [-0.1, -0.05) is 17.6 Å². The normalized spacial score (nSPS) is 11.5. The molecule has 0 saturated heterocycles. The number of nitrogen functional groups attached to an aromatic ring is 1. The minimum absolute atomic E-state index is 0. The minimum atomic E-state index is -4.98. The maximum atomic E-state index is 12.8. The first kappa shape index (κ1) is 31.4. The fourth-order valence-electron chi connectivity index (χ4n) is 2.34. The first-order valence-electron chi connectivity index (χ1n) is 8.21. The van der Waals surface area contributed by atoms with Gasteiger partial charge in [0.1, 0.15) is 10.6 Å². The Hall–Kier alpha value is -1.64. The second-order valence-electron chi connectivity index (χ2n) is 5.98. The Balaban J connectivity index is 0.00000306. The molecular weight excluding hydrogens is 552 g/mol. The molecule has 174 valence electrons. The largest absolute Gasteiger partial charge is 1.00 e. The van der Waals surface area contributed by atoms with E-state index >= 15 is 0 Å². The van der Waals surface area contributed by atoms with Crippen molar-refractivity contribution in [2.45, 2.75) is 9.79 Å². The van der Waals surface area contributed by atoms with E-state index in [9.17, 15) is 31.6 Å². The zero-order valence-corrected chi connectivity index (χ0v) is 24.1. The van der Waals surface area contributed by atoms with Crippen LogP contribution < -0.4 is 80.4 Å². The number of benzene rings is 2. The van der Waals surface area contributed by atoms with Crippen LogP contribution in [0.4, 0.5) is 29.0 Å². The summed E-state index contributed by atoms with van der Waals surface area (Å²) in [6.07, 6.45) is 0. The topological polar surface area (TPSA) is 256 Å². The van der Waals surface area contributed by atoms with E-state index in [1.165, 1.54) is 0 Å². The Morgan fingerprint density at radius 1 is 0.943 bits per heavy atom. The van der Waals surface area contributed by atoms with Gasteiger partial charge in [-0.25, -0.2) is 0 Å². The van der Waals surface area contributed by atoms with Crippen molar-refractivity contribution in [3.63, 3.8) is 0 Å². The third-order valence-corrected chi connectivity index (χ3v) is 5.63. The summed E-state index contributed by atoms with van der Waals surface area (Å²) in [4.78, 5) is 9.22. The van der Waals surface area contributed by atoms with Gasteiger partial charge in [0, 0.05) is 5.69 Å². The molecule has 2 aromatic carbocycles. The molecule has 1 heterocycles. The number of halogens is 1. The van der Waals surface area contributed by atoms with Gasteiger partial charge in [-0.3, -0.25) is 9.11 Å². The molecule has 0 spiro atoms. The van der Waals surface area contributed by atoms with Gasteiger partial charge in [0.05, 0.1) is 10.6 Å². The number of nitrogens with two attached hydrogens (primary N) is 1. The van der Waals surface area contributed by atoms with Gasteiger partial charge < -0.3 is 21.3 Å². The van der Waals surface area contributed by atoms with Gasteiger partial charge in [-0.2, -0.15) is 36.9 Å². The van der Waals surface area contributed by atoms with Crippen LogP contribution in [-0.4, -0.2) is 40.9 Å². The molecule has 0 amide bonds. The molecule has 0 bridgehead atoms. The Morgan fingerprint density at radius 2 is 1.60 bits per heavy atom. The third-order valence-electron chi connectivity index (χ3n) is 3.73. The molecule has 35 heavy (non-hydrogen) atoms. The summed E-state index contributed by atoms with van der Waals surface area (Å²) in [6, 6.07) is 3.96. The molecule has 0 aliphatic rings. The molecule has 3 rings (SSSR count). The third kappa shape index (κ3) is 7.92. The van der Waals surface area contributed by atoms with E-state index in [4.69, 9.17) is 21.9 Å². The van der Waals surface area contributed by atoms with Crippen LogP contribution in [0.3, 0.4) is 0 Å². The summed E-state index contributed by atoms with van der Waals surface area (Å²) in [7, 11) is -9.68. The van der Waals surface area contributed by atoms with Crippen molar-refractivity contribution in [2.75, 3.05) is 11.1 Å². The van der Waals surface area contributed by atoms with Crippen molar-refractivity contribution in [3.05, 3.63) is 35.6 Å². The zero-order chi connectivity index (χ0) is 24.6. The van der Waals surface area contributed by atoms with Crippen LogP contribution in [0, 0.1) is 0 Å². The summed E-state index contributed by atoms with van der Waals surface area (Å²) in [5.41, 5.74) is 3.49. The number of nitrogens with zero attached hydrogens (tertiary/aromatic N) is 5. The fourth-order valence-corrected chi connectivity index (χ4v) is 3.62. The average Bonchev–Trinajstić information content (AvgIpc) is 2.67. The van der Waals surface area contributed by atoms with Crippen LogP contribution in [0.15, 0.2) is 50.4 Å². The Kier molecular flexibility index (Phi) is 10.8. The SMILES string of the molecule is Nc1nc(Cl)nc(Nc2ccc(S(=O)(=O)O)c(N=Nc3cc(S(=O)(=O)O)ccc3[O-])c2[O-])n1.[Na+].[Na+]. The van der Waals surface area contributed by atoms with Crippen molar-refractivity contribution in [2.24, 2.45) is 10.2 Å². The Labute approximate surface area is 247 Å². The molecule has 0 atom stereocenters. The van der Waals surface area contributed by atoms with Crippen LogP contribution in [0.5, 0.6) is 11.5 Å². The molecule has 0 radical (unpaired) electrons. The summed E-state index contributed by atoms with van der Waals surface area (Å²) in [6.45, 7) is 0. The van der Waals surface area contributed by atoms with E-state index in [-0.39, 0.29) is 82.0 Å². The van der Waals surface area contributed by atoms with Gasteiger partial charge in [-0.05, 0) is 35.9 Å². The predicted molar refractivity (Wildman–Crippen MR) is 108 cm³/mol. The van der Waals surface area contributed by atoms with Gasteiger partial charge in [-0.15, -0.1) is 5.11 Å². The Morgan fingerprint density at radius 3 is 2.17 bits per heavy atom. The van der Waals surface area contributed by atoms with Crippen LogP contribution >= 0.6 is 11.6 Å². The number of nitrogens with one attached hydrogen (secondary N) is 1. The number of anilines is 3. The van der Waals surface area contributed by atoms with Gasteiger partial charge in [0.15, 0.2) is 0 Å². The quantitative estimate of drug-likeness (QED) is 0.125. The van der Waals surface area contributed by atoms with Crippen LogP contribution in [0.25, 0.3) is 0 Å². The maximum absolute atomic E-state index is 12.8. The molecule has 1 aromatic heterocycles. The molecule has 0 saturated carbocycles. The number of azo groups is 1. The second-order valence-corrected chi connectivity index (χ2v) is 9.13. The maximum Gasteiger partial charge on any atom is 1.00 e. The molecule has 0 aliphatic carbocycles. The summed E-state index contributed by atoms with van der Waals surface area (Å²) in [5, 5.41) is 33.7. The number of hydrogen-bond donors (Lipinski definition) is 4. The molecular formula is C15H10ClN7Na2O8S2. The zero-order valence-electron chi connectivity index (χ0n) is 17.7. The van der Waals surface area contributed by atoms with Gasteiger partial charge >= 0.3 is 59.1 Å². The van der Waals surface area contributed by atoms with Crippen molar-refractivity contribution >= 4 is 60.8 Å². The monoisotopic (exact) mass is 561 g/mol. The molecule has 20 heteroatoms. The predicted octanol–water partition coefficient (Wildman–Crippen LogP) is -5.09. The van der Waals surface area contributed by atoms with Crippen LogP contribution in [-0.2, 0) is 20.2 Å². The molecule has 0 aliphatic heterocycles. The summed E-state index contributed by atoms with van der Waals surface area (Å²) >= 11 is 5.65. The van der Waals surface area contributed by atoms with E-state index in [2.05, 4.69) is 30.5 Å². The van der Waals surface area contributed by atoms with Gasteiger partial charge in [0.25, 0.3) is 20.2 Å². The van der Waals surface area contributed by atoms with Crippen molar-refractivity contribution in [3.8, 4) is 11.5 Å². The van der Waals surface area contributed by atoms with E-state index in [0.717, 1.165) is 24.3 Å². The number of aromatic nitrogens is 3. The fraction of sp³-hybridized carbons (Fsp3) is 0. The van der Waals surface area contributed by atoms with Crippen LogP contribution in [0.1, 0.15) is 0 Å². The molecule has 0 unspecified atom stereocenters. The van der Waals surface area contributed by atoms with Crippen molar-refractivity contribution in [1.82, 2.24) is 15.0 Å². The summed E-state index contributed by atoms with van der Waals surface area (Å²) < 4.78 is 64.4. The number of rotatable bonds is 6. The molecule has 15 nitrogen and oxygen atoms in total. The van der Waals surface area contributed by atoms with E-state index in [0.29, 0.717) is 6.07 Å². The first-order valence-corrected chi connectivity index (χ1v) is 11.5. The van der Waals surface area contributed by atoms with Crippen molar-refractivity contribution in [1.29, 1.82) is 0 Å². The molecule has 5 N–H and O–H groups in total. The summed E-state index contributed by atoms with van der Waals surface area (Å²) in [5.74, 6) is -2.57. The van der Waals surface area contributed by atoms with Gasteiger partial charge in [0.2, 0.25) is 17.2 Å². The second kappa shape index (κ2) is 12.1. The van der Waals surface area contributed by atoms with Crippen LogP contribution in [0.2, 0.25) is 5.28 Å². The smallest absolute Gasteiger partial charge is 0.871 e. The van der Waals surface area contributed by atoms with Crippen molar-refractivity contribution < 1.29 is 95.3 Å². The number of hydrogen-bond acceptors (Lipinski definition) is 13. The molecule has 0 fully saturated rings. The standard InChI is InChI=1S/C15H12ClN7O8S2.2Na/c16-13-19-14(17)21-15(20-13)18-7-2-4-10(33(29,30)31)11(12(7)25)23-22-8-5-6(32(26,27)28)1-3-9(8)24;;/h1-5,24-25H,(H,26,27,28)(H,29,30,31)(H3,17,18,19,20,21);;/q;2*+1/p-2. The van der Waals surface area contributed by atoms with E-state index in [1.807, 2.05) is 0 Å². The molecule has 3 aromatic rings. The first-order chi connectivity index (χ1) is 15.3. The van der Waals surface area contributed by atoms with E-state index < -0.39 is 52.9 Å². The Bertz CT molecular complexity index is 1490. The minimum Gasteiger partial charge on any atom is -0.871 e. The van der Waals surface area contributed by atoms with E-state index in [1.54, 1.807) is 0 Å².